The Morgan fingerprint density at radius 2 is 1.61 bits per heavy atom. The highest BCUT2D eigenvalue weighted by molar-refractivity contribution is 6.44. The van der Waals surface area contributed by atoms with E-state index in [1.165, 1.54) is 49.8 Å². The van der Waals surface area contributed by atoms with Gasteiger partial charge in [-0.05, 0) is 68.9 Å². The largest absolute Gasteiger partial charge is 0.479 e. The van der Waals surface area contributed by atoms with Crippen molar-refractivity contribution in [3.8, 4) is 0 Å². The Bertz CT molecular complexity index is 1380. The van der Waals surface area contributed by atoms with E-state index < -0.39 is 18.5 Å². The van der Waals surface area contributed by atoms with Crippen molar-refractivity contribution in [1.82, 2.24) is 19.4 Å². The van der Waals surface area contributed by atoms with E-state index in [0.717, 1.165) is 43.0 Å². The van der Waals surface area contributed by atoms with Crippen molar-refractivity contribution in [1.29, 1.82) is 0 Å². The molecule has 2 saturated carbocycles. The number of carboxylic acid groups (broad SMARTS) is 1. The van der Waals surface area contributed by atoms with Gasteiger partial charge in [-0.2, -0.15) is 0 Å². The number of fused-ring (bicyclic) bond motifs is 5. The Kier molecular flexibility index (Phi) is 7.85. The summed E-state index contributed by atoms with van der Waals surface area (Å²) in [5, 5.41) is 12.8. The number of rotatable bonds is 7. The van der Waals surface area contributed by atoms with Gasteiger partial charge in [-0.1, -0.05) is 43.0 Å². The molecule has 2 aliphatic heterocycles. The maximum absolute atomic E-state index is 14.2. The Morgan fingerprint density at radius 3 is 2.27 bits per heavy atom. The first-order chi connectivity index (χ1) is 19.8. The first-order valence-corrected chi connectivity index (χ1v) is 15.2. The fourth-order valence-electron chi connectivity index (χ4n) is 8.35. The summed E-state index contributed by atoms with van der Waals surface area (Å²) < 4.78 is 1.84. The smallest absolute Gasteiger partial charge is 0.344 e. The molecule has 2 saturated heterocycles. The molecule has 4 bridgehead atoms. The minimum atomic E-state index is -1.23. The van der Waals surface area contributed by atoms with Crippen LogP contribution in [0.4, 0.5) is 0 Å². The molecule has 4 aliphatic rings. The number of carbonyl (C=O) groups is 2. The molecule has 2 aliphatic carbocycles. The summed E-state index contributed by atoms with van der Waals surface area (Å²) in [4.78, 5) is 52.1. The molecule has 10 nitrogen and oxygen atoms in total. The lowest BCUT2D eigenvalue weighted by Crippen LogP contribution is -2.58. The lowest BCUT2D eigenvalue weighted by atomic mass is 9.68. The van der Waals surface area contributed by atoms with Crippen LogP contribution in [0.2, 0.25) is 0 Å². The van der Waals surface area contributed by atoms with Gasteiger partial charge in [0.25, 0.3) is 11.5 Å². The molecular weight excluding hydrogens is 522 g/mol. The SMILES string of the molecule is CN(C)C(=O)C(=NOCC(=O)O)c1nc2ccccc2n(C2C[C@H]3CCC[C@@H](C2)N3C2CC3CCCC(C3)C2)c1=O. The highest BCUT2D eigenvalue weighted by Gasteiger charge is 2.45. The standard InChI is InChI=1S/C31H41N5O5/c1-34(2)30(39)29(33-41-18-27(37)38)28-31(40)36(26-12-4-3-11-25(26)32-28)24-16-21-9-6-10-22(17-24)35(21)23-14-19-7-5-8-20(13-19)15-23/h3-4,11-12,19-24H,5-10,13-18H2,1-2H3,(H,37,38)/t19?,20?,21-,22+,23?,24?. The van der Waals surface area contributed by atoms with Crippen LogP contribution < -0.4 is 5.56 Å². The molecule has 41 heavy (non-hydrogen) atoms. The second-order valence-corrected chi connectivity index (χ2v) is 12.8. The number of benzene rings is 1. The van der Waals surface area contributed by atoms with Crippen LogP contribution in [0, 0.1) is 11.8 Å². The first-order valence-electron chi connectivity index (χ1n) is 15.2. The summed E-state index contributed by atoms with van der Waals surface area (Å²) >= 11 is 0. The summed E-state index contributed by atoms with van der Waals surface area (Å²) in [6, 6.07) is 9.02. The van der Waals surface area contributed by atoms with E-state index in [0.29, 0.717) is 23.6 Å². The van der Waals surface area contributed by atoms with Crippen LogP contribution in [-0.2, 0) is 14.4 Å². The molecule has 2 aromatic rings. The predicted octanol–water partition coefficient (Wildman–Crippen LogP) is 3.82. The van der Waals surface area contributed by atoms with Crippen molar-refractivity contribution in [2.45, 2.75) is 94.8 Å². The van der Waals surface area contributed by atoms with E-state index >= 15 is 0 Å². The summed E-state index contributed by atoms with van der Waals surface area (Å²) in [6.07, 6.45) is 13.5. The molecule has 0 radical (unpaired) electrons. The van der Waals surface area contributed by atoms with Gasteiger partial charge in [-0.15, -0.1) is 0 Å². The number of amides is 1. The number of aliphatic carboxylic acids is 1. The molecule has 220 valence electrons. The molecule has 1 aromatic carbocycles. The maximum atomic E-state index is 14.2. The zero-order chi connectivity index (χ0) is 28.7. The summed E-state index contributed by atoms with van der Waals surface area (Å²) in [5.74, 6) is -0.0587. The van der Waals surface area contributed by atoms with Crippen molar-refractivity contribution in [3.05, 3.63) is 40.3 Å². The average Bonchev–Trinajstić information content (AvgIpc) is 2.94. The fraction of sp³-hybridized carbons (Fsp3) is 0.645. The van der Waals surface area contributed by atoms with E-state index in [4.69, 9.17) is 9.94 Å². The van der Waals surface area contributed by atoms with Gasteiger partial charge in [-0.3, -0.25) is 14.5 Å². The molecular formula is C31H41N5O5. The molecule has 3 unspecified atom stereocenters. The van der Waals surface area contributed by atoms with Gasteiger partial charge in [0.05, 0.1) is 11.0 Å². The fourth-order valence-corrected chi connectivity index (χ4v) is 8.35. The van der Waals surface area contributed by atoms with Gasteiger partial charge in [0.15, 0.2) is 11.4 Å². The average molecular weight is 564 g/mol. The third-order valence-corrected chi connectivity index (χ3v) is 9.87. The van der Waals surface area contributed by atoms with Crippen LogP contribution in [0.5, 0.6) is 0 Å². The van der Waals surface area contributed by atoms with Gasteiger partial charge in [0.2, 0.25) is 6.61 Å². The number of para-hydroxylation sites is 2. The van der Waals surface area contributed by atoms with Crippen LogP contribution in [0.15, 0.2) is 34.2 Å². The number of hydrogen-bond acceptors (Lipinski definition) is 7. The molecule has 0 spiro atoms. The third-order valence-electron chi connectivity index (χ3n) is 9.87. The van der Waals surface area contributed by atoms with Gasteiger partial charge in [0.1, 0.15) is 0 Å². The van der Waals surface area contributed by atoms with Gasteiger partial charge in [-0.25, -0.2) is 9.78 Å². The summed E-state index contributed by atoms with van der Waals surface area (Å²) in [6.45, 7) is -0.726. The van der Waals surface area contributed by atoms with Gasteiger partial charge in [0, 0.05) is 38.3 Å². The topological polar surface area (TPSA) is 117 Å². The third kappa shape index (κ3) is 5.50. The number of carboxylic acids is 1. The highest BCUT2D eigenvalue weighted by atomic mass is 16.6. The Hall–Kier alpha value is -3.27. The lowest BCUT2D eigenvalue weighted by Gasteiger charge is -2.55. The zero-order valence-corrected chi connectivity index (χ0v) is 24.1. The molecule has 4 fully saturated rings. The van der Waals surface area contributed by atoms with Crippen molar-refractivity contribution in [2.24, 2.45) is 17.0 Å². The first kappa shape index (κ1) is 27.9. The van der Waals surface area contributed by atoms with E-state index in [2.05, 4.69) is 15.0 Å². The molecule has 6 rings (SSSR count). The number of carbonyl (C=O) groups excluding carboxylic acids is 1. The number of hydrogen-bond donors (Lipinski definition) is 1. The lowest BCUT2D eigenvalue weighted by molar-refractivity contribution is -0.142. The van der Waals surface area contributed by atoms with Crippen LogP contribution in [0.25, 0.3) is 11.0 Å². The van der Waals surface area contributed by atoms with E-state index in [1.54, 1.807) is 14.1 Å². The van der Waals surface area contributed by atoms with E-state index in [-0.39, 0.29) is 23.0 Å². The number of oxime groups is 1. The van der Waals surface area contributed by atoms with Crippen LogP contribution in [0.3, 0.4) is 0 Å². The van der Waals surface area contributed by atoms with Crippen LogP contribution >= 0.6 is 0 Å². The maximum Gasteiger partial charge on any atom is 0.344 e. The Labute approximate surface area is 240 Å². The Morgan fingerprint density at radius 1 is 0.951 bits per heavy atom. The highest BCUT2D eigenvalue weighted by Crippen LogP contribution is 2.47. The number of piperidine rings is 2. The van der Waals surface area contributed by atoms with Crippen molar-refractivity contribution in [2.75, 3.05) is 20.7 Å². The molecule has 1 amide bonds. The molecule has 1 aromatic heterocycles. The molecule has 3 heterocycles. The normalized spacial score (nSPS) is 30.1. The second kappa shape index (κ2) is 11.5. The van der Waals surface area contributed by atoms with Crippen molar-refractivity contribution < 1.29 is 19.5 Å². The summed E-state index contributed by atoms with van der Waals surface area (Å²) in [7, 11) is 3.09. The summed E-state index contributed by atoms with van der Waals surface area (Å²) in [5.41, 5.74) is 0.549. The van der Waals surface area contributed by atoms with Crippen LogP contribution in [0.1, 0.15) is 82.4 Å². The predicted molar refractivity (Wildman–Crippen MR) is 155 cm³/mol. The van der Waals surface area contributed by atoms with Gasteiger partial charge >= 0.3 is 5.97 Å². The van der Waals surface area contributed by atoms with Crippen molar-refractivity contribution in [3.63, 3.8) is 0 Å². The van der Waals surface area contributed by atoms with Crippen LogP contribution in [-0.4, -0.2) is 80.9 Å². The van der Waals surface area contributed by atoms with E-state index in [1.807, 2.05) is 28.8 Å². The van der Waals surface area contributed by atoms with Crippen molar-refractivity contribution >= 4 is 28.6 Å². The molecule has 10 heteroatoms. The molecule has 5 atom stereocenters. The number of nitrogens with zero attached hydrogens (tertiary/aromatic N) is 5. The van der Waals surface area contributed by atoms with Gasteiger partial charge < -0.3 is 19.4 Å². The minimum absolute atomic E-state index is 0.0283. The second-order valence-electron chi connectivity index (χ2n) is 12.8. The van der Waals surface area contributed by atoms with E-state index in [9.17, 15) is 14.4 Å². The number of aromatic nitrogens is 2. The monoisotopic (exact) mass is 563 g/mol. The zero-order valence-electron chi connectivity index (χ0n) is 24.1. The quantitative estimate of drug-likeness (QED) is 0.402. The minimum Gasteiger partial charge on any atom is -0.479 e. The molecule has 1 N–H and O–H groups in total. The Balaban J connectivity index is 1.37. The number of likely N-dealkylation sites (N-methyl/N-ethyl adjacent to an activating group) is 1.